The van der Waals surface area contributed by atoms with Crippen LogP contribution in [0.2, 0.25) is 5.02 Å². The average molecular weight is 576 g/mol. The topological polar surface area (TPSA) is 117 Å². The van der Waals surface area contributed by atoms with E-state index in [2.05, 4.69) is 4.99 Å². The molecule has 0 aliphatic rings. The molecule has 40 heavy (non-hydrogen) atoms. The smallest absolute Gasteiger partial charge is 0.352 e. The van der Waals surface area contributed by atoms with Crippen LogP contribution in [0, 0.1) is 0 Å². The van der Waals surface area contributed by atoms with E-state index < -0.39 is 17.8 Å². The first kappa shape index (κ1) is 31.3. The molecular formula is C29H34ClNO9. The van der Waals surface area contributed by atoms with Crippen molar-refractivity contribution in [3.63, 3.8) is 0 Å². The number of carbonyl (C=O) groups excluding carboxylic acids is 1. The zero-order valence-electron chi connectivity index (χ0n) is 22.5. The summed E-state index contributed by atoms with van der Waals surface area (Å²) in [6, 6.07) is 22.4. The van der Waals surface area contributed by atoms with E-state index in [-0.39, 0.29) is 30.1 Å². The Balaban J connectivity index is 2.05. The molecular weight excluding hydrogens is 542 g/mol. The first-order chi connectivity index (χ1) is 19.6. The van der Waals surface area contributed by atoms with Crippen molar-refractivity contribution >= 4 is 17.6 Å². The van der Waals surface area contributed by atoms with Crippen LogP contribution in [0.25, 0.3) is 0 Å². The van der Waals surface area contributed by atoms with Crippen LogP contribution in [0.1, 0.15) is 28.5 Å². The minimum absolute atomic E-state index is 0.105. The zero-order valence-corrected chi connectivity index (χ0v) is 23.2. The highest BCUT2D eigenvalue weighted by molar-refractivity contribution is 6.32. The first-order valence-corrected chi connectivity index (χ1v) is 12.9. The summed E-state index contributed by atoms with van der Waals surface area (Å²) in [5.74, 6) is 3.44. The molecule has 0 aliphatic heterocycles. The fraction of sp³-hybridized carbons (Fsp3) is 0.345. The van der Waals surface area contributed by atoms with E-state index in [4.69, 9.17) is 50.8 Å². The molecule has 2 N–H and O–H groups in total. The van der Waals surface area contributed by atoms with Crippen molar-refractivity contribution in [1.82, 2.24) is 0 Å². The van der Waals surface area contributed by atoms with Crippen LogP contribution >= 0.6 is 11.6 Å². The van der Waals surface area contributed by atoms with Crippen LogP contribution < -0.4 is 15.4 Å². The maximum Gasteiger partial charge on any atom is 0.352 e. The number of benzene rings is 3. The molecule has 1 atom stereocenters. The van der Waals surface area contributed by atoms with Crippen molar-refractivity contribution in [3.8, 4) is 11.5 Å². The van der Waals surface area contributed by atoms with Gasteiger partial charge in [-0.3, -0.25) is 4.89 Å². The largest absolute Gasteiger partial charge is 0.464 e. The van der Waals surface area contributed by atoms with E-state index in [1.54, 1.807) is 26.4 Å². The van der Waals surface area contributed by atoms with E-state index >= 15 is 0 Å². The Hall–Kier alpha value is -3.22. The third-order valence-electron chi connectivity index (χ3n) is 5.87. The zero-order chi connectivity index (χ0) is 28.6. The van der Waals surface area contributed by atoms with Crippen molar-refractivity contribution in [2.45, 2.75) is 11.8 Å². The van der Waals surface area contributed by atoms with Gasteiger partial charge in [0.15, 0.2) is 25.1 Å². The summed E-state index contributed by atoms with van der Waals surface area (Å²) in [4.78, 5) is 22.6. The van der Waals surface area contributed by atoms with Crippen molar-refractivity contribution in [2.24, 2.45) is 5.90 Å². The summed E-state index contributed by atoms with van der Waals surface area (Å²) in [7, 11) is 3.15. The van der Waals surface area contributed by atoms with Gasteiger partial charge in [0.1, 0.15) is 0 Å². The average Bonchev–Trinajstić information content (AvgIpc) is 2.97. The Morgan fingerprint density at radius 1 is 0.775 bits per heavy atom. The predicted octanol–water partition coefficient (Wildman–Crippen LogP) is 4.60. The molecule has 10 nitrogen and oxygen atoms in total. The van der Waals surface area contributed by atoms with Crippen LogP contribution in [-0.4, -0.2) is 60.2 Å². The summed E-state index contributed by atoms with van der Waals surface area (Å²) in [6.07, 6.45) is 0. The number of rotatable bonds is 18. The minimum Gasteiger partial charge on any atom is -0.464 e. The fourth-order valence-electron chi connectivity index (χ4n) is 4.09. The second-order valence-electron chi connectivity index (χ2n) is 8.43. The van der Waals surface area contributed by atoms with Gasteiger partial charge in [0.2, 0.25) is 0 Å². The van der Waals surface area contributed by atoms with Crippen LogP contribution in [0.5, 0.6) is 11.5 Å². The second-order valence-corrected chi connectivity index (χ2v) is 8.84. The van der Waals surface area contributed by atoms with Crippen molar-refractivity contribution in [3.05, 3.63) is 94.5 Å². The lowest BCUT2D eigenvalue weighted by atomic mass is 9.77. The van der Waals surface area contributed by atoms with E-state index in [1.165, 1.54) is 0 Å². The molecule has 0 aromatic heterocycles. The van der Waals surface area contributed by atoms with Gasteiger partial charge in [-0.2, -0.15) is 5.90 Å². The van der Waals surface area contributed by atoms with Gasteiger partial charge in [-0.25, -0.2) is 4.79 Å². The van der Waals surface area contributed by atoms with Crippen LogP contribution in [0.15, 0.2) is 72.8 Å². The van der Waals surface area contributed by atoms with Gasteiger partial charge < -0.3 is 28.4 Å². The van der Waals surface area contributed by atoms with Crippen molar-refractivity contribution in [2.75, 3.05) is 54.2 Å². The Bertz CT molecular complexity index is 1110. The highest BCUT2D eigenvalue weighted by Gasteiger charge is 2.36. The molecule has 0 heterocycles. The Morgan fingerprint density at radius 2 is 1.32 bits per heavy atom. The molecule has 0 spiro atoms. The number of methoxy groups -OCH3 is 2. The predicted molar refractivity (Wildman–Crippen MR) is 147 cm³/mol. The molecule has 0 bridgehead atoms. The maximum absolute atomic E-state index is 13.4. The monoisotopic (exact) mass is 575 g/mol. The molecule has 0 saturated carbocycles. The highest BCUT2D eigenvalue weighted by Crippen LogP contribution is 2.44. The molecule has 1 unspecified atom stereocenters. The van der Waals surface area contributed by atoms with Crippen LogP contribution in [0.4, 0.5) is 0 Å². The maximum atomic E-state index is 13.4. The highest BCUT2D eigenvalue weighted by atomic mass is 35.5. The summed E-state index contributed by atoms with van der Waals surface area (Å²) in [5, 5.41) is 0.186. The summed E-state index contributed by atoms with van der Waals surface area (Å²) in [5.41, 5.74) is 2.20. The lowest BCUT2D eigenvalue weighted by molar-refractivity contribution is -0.277. The van der Waals surface area contributed by atoms with Gasteiger partial charge in [-0.15, -0.1) is 0 Å². The number of hydrogen-bond acceptors (Lipinski definition) is 10. The normalized spacial score (nSPS) is 11.8. The molecule has 11 heteroatoms. The van der Waals surface area contributed by atoms with E-state index in [1.807, 2.05) is 60.7 Å². The lowest BCUT2D eigenvalue weighted by Gasteiger charge is -2.27. The van der Waals surface area contributed by atoms with Gasteiger partial charge >= 0.3 is 5.97 Å². The second kappa shape index (κ2) is 17.5. The SMILES string of the molecule is COCCOCOc1cc(C(C(=O)OON)C(c2ccccc2)c2ccccc2)cc(Cl)c1OCOCCOC. The Labute approximate surface area is 238 Å². The number of halogens is 1. The number of ether oxygens (including phenoxy) is 6. The third-order valence-corrected chi connectivity index (χ3v) is 6.15. The number of hydrogen-bond donors (Lipinski definition) is 1. The molecule has 0 amide bonds. The molecule has 3 aromatic rings. The minimum atomic E-state index is -0.936. The Kier molecular flexibility index (Phi) is 13.7. The van der Waals surface area contributed by atoms with Gasteiger partial charge in [-0.1, -0.05) is 77.3 Å². The molecule has 0 fully saturated rings. The van der Waals surface area contributed by atoms with Gasteiger partial charge in [0, 0.05) is 20.1 Å². The van der Waals surface area contributed by atoms with E-state index in [9.17, 15) is 4.79 Å². The lowest BCUT2D eigenvalue weighted by Crippen LogP contribution is -2.25. The third kappa shape index (κ3) is 9.17. The summed E-state index contributed by atoms with van der Waals surface area (Å²) < 4.78 is 32.6. The summed E-state index contributed by atoms with van der Waals surface area (Å²) >= 11 is 6.71. The molecule has 0 saturated heterocycles. The number of nitrogens with two attached hydrogens (primary N) is 1. The van der Waals surface area contributed by atoms with Crippen molar-refractivity contribution < 1.29 is 43.1 Å². The molecule has 3 aromatic carbocycles. The molecule has 0 aliphatic carbocycles. The fourth-order valence-corrected chi connectivity index (χ4v) is 4.36. The standard InChI is InChI=1S/C29H34ClNO9/c1-33-13-15-35-19-37-25-18-23(17-24(30)28(25)38-20-36-16-14-34-2)27(29(32)39-40-31)26(21-9-5-3-6-10-21)22-11-7-4-8-12-22/h3-12,17-18,26-27H,13-16,19-20,31H2,1-2H3. The first-order valence-electron chi connectivity index (χ1n) is 12.5. The molecule has 216 valence electrons. The van der Waals surface area contributed by atoms with Crippen molar-refractivity contribution in [1.29, 1.82) is 0 Å². The van der Waals surface area contributed by atoms with Crippen LogP contribution in [0.3, 0.4) is 0 Å². The van der Waals surface area contributed by atoms with Crippen LogP contribution in [-0.2, 0) is 33.6 Å². The van der Waals surface area contributed by atoms with E-state index in [0.29, 0.717) is 32.0 Å². The Morgan fingerprint density at radius 3 is 1.85 bits per heavy atom. The molecule has 3 rings (SSSR count). The number of carbonyl (C=O) groups is 1. The van der Waals surface area contributed by atoms with Gasteiger partial charge in [0.25, 0.3) is 0 Å². The van der Waals surface area contributed by atoms with Gasteiger partial charge in [0.05, 0.1) is 37.4 Å². The van der Waals surface area contributed by atoms with Gasteiger partial charge in [-0.05, 0) is 28.8 Å². The molecule has 0 radical (unpaired) electrons. The summed E-state index contributed by atoms with van der Waals surface area (Å²) in [6.45, 7) is 1.21. The van der Waals surface area contributed by atoms with E-state index in [0.717, 1.165) is 11.1 Å². The quantitative estimate of drug-likeness (QED) is 0.0997.